The molecule has 1 aliphatic rings. The lowest BCUT2D eigenvalue weighted by molar-refractivity contribution is 0.533. The second kappa shape index (κ2) is 5.04. The molecule has 0 amide bonds. The zero-order valence-electron chi connectivity index (χ0n) is 10.9. The van der Waals surface area contributed by atoms with Gasteiger partial charge in [0.1, 0.15) is 5.01 Å². The zero-order valence-corrected chi connectivity index (χ0v) is 11.8. The summed E-state index contributed by atoms with van der Waals surface area (Å²) in [7, 11) is 2.06. The van der Waals surface area contributed by atoms with Crippen LogP contribution in [-0.4, -0.2) is 36.0 Å². The Morgan fingerprint density at radius 2 is 2.24 bits per heavy atom. The van der Waals surface area contributed by atoms with Crippen molar-refractivity contribution in [3.8, 4) is 0 Å². The molecule has 0 aromatic carbocycles. The molecule has 0 spiro atoms. The highest BCUT2D eigenvalue weighted by Crippen LogP contribution is 2.23. The zero-order chi connectivity index (χ0) is 12.4. The van der Waals surface area contributed by atoms with Gasteiger partial charge in [-0.05, 0) is 12.8 Å². The lowest BCUT2D eigenvalue weighted by Crippen LogP contribution is -2.35. The monoisotopic (exact) mass is 252 g/mol. The fourth-order valence-electron chi connectivity index (χ4n) is 1.95. The number of guanidine groups is 1. The van der Waals surface area contributed by atoms with E-state index < -0.39 is 0 Å². The van der Waals surface area contributed by atoms with E-state index in [4.69, 9.17) is 0 Å². The van der Waals surface area contributed by atoms with Crippen LogP contribution in [0, 0.1) is 6.92 Å². The molecule has 1 N–H and O–H groups in total. The molecule has 17 heavy (non-hydrogen) atoms. The van der Waals surface area contributed by atoms with Crippen LogP contribution in [0.1, 0.15) is 35.3 Å². The molecule has 2 rings (SSSR count). The maximum absolute atomic E-state index is 4.68. The van der Waals surface area contributed by atoms with E-state index in [0.29, 0.717) is 5.92 Å². The molecule has 1 aliphatic heterocycles. The molecule has 0 fully saturated rings. The quantitative estimate of drug-likeness (QED) is 0.894. The molecular weight excluding hydrogens is 232 g/mol. The first-order valence-corrected chi connectivity index (χ1v) is 6.85. The first-order chi connectivity index (χ1) is 8.08. The van der Waals surface area contributed by atoms with Gasteiger partial charge in [-0.25, -0.2) is 4.98 Å². The van der Waals surface area contributed by atoms with Gasteiger partial charge < -0.3 is 10.2 Å². The van der Waals surface area contributed by atoms with Gasteiger partial charge in [-0.3, -0.25) is 4.99 Å². The third-order valence-corrected chi connectivity index (χ3v) is 3.87. The Bertz CT molecular complexity index is 422. The van der Waals surface area contributed by atoms with Gasteiger partial charge in [-0.15, -0.1) is 11.3 Å². The molecule has 1 aromatic rings. The van der Waals surface area contributed by atoms with Crippen molar-refractivity contribution >= 4 is 17.3 Å². The maximum atomic E-state index is 4.68. The third-order valence-electron chi connectivity index (χ3n) is 2.88. The Balaban J connectivity index is 1.97. The highest BCUT2D eigenvalue weighted by atomic mass is 32.1. The summed E-state index contributed by atoms with van der Waals surface area (Å²) in [6, 6.07) is 0. The van der Waals surface area contributed by atoms with E-state index in [1.54, 1.807) is 11.3 Å². The van der Waals surface area contributed by atoms with Crippen LogP contribution >= 0.6 is 11.3 Å². The summed E-state index contributed by atoms with van der Waals surface area (Å²) in [5, 5.41) is 4.50. The normalized spacial score (nSPS) is 15.6. The van der Waals surface area contributed by atoms with Crippen molar-refractivity contribution in [1.82, 2.24) is 15.2 Å². The summed E-state index contributed by atoms with van der Waals surface area (Å²) < 4.78 is 0. The van der Waals surface area contributed by atoms with Gasteiger partial charge in [0.05, 0.1) is 18.8 Å². The van der Waals surface area contributed by atoms with E-state index in [1.165, 1.54) is 10.6 Å². The van der Waals surface area contributed by atoms with Gasteiger partial charge >= 0.3 is 0 Å². The standard InChI is InChI=1S/C12H20N4S/c1-8(2)11-9(3)17-10(15-11)7-14-12-13-5-6-16(12)4/h8H,5-7H2,1-4H3,(H,13,14). The molecular formula is C12H20N4S. The van der Waals surface area contributed by atoms with E-state index in [9.17, 15) is 0 Å². The predicted octanol–water partition coefficient (Wildman–Crippen LogP) is 1.97. The summed E-state index contributed by atoms with van der Waals surface area (Å²) in [6.07, 6.45) is 0. The number of aryl methyl sites for hydroxylation is 1. The van der Waals surface area contributed by atoms with Crippen molar-refractivity contribution < 1.29 is 0 Å². The molecule has 5 heteroatoms. The molecule has 2 heterocycles. The van der Waals surface area contributed by atoms with Crippen molar-refractivity contribution in [3.63, 3.8) is 0 Å². The van der Waals surface area contributed by atoms with Crippen LogP contribution in [0.15, 0.2) is 4.99 Å². The number of thiazole rings is 1. The Hall–Kier alpha value is -1.10. The fourth-order valence-corrected chi connectivity index (χ4v) is 2.98. The molecule has 4 nitrogen and oxygen atoms in total. The second-order valence-corrected chi connectivity index (χ2v) is 5.97. The van der Waals surface area contributed by atoms with Gasteiger partial charge in [-0.1, -0.05) is 13.8 Å². The number of nitrogens with one attached hydrogen (secondary N) is 1. The van der Waals surface area contributed by atoms with Crippen LogP contribution in [-0.2, 0) is 6.54 Å². The third kappa shape index (κ3) is 2.77. The molecule has 0 atom stereocenters. The largest absolute Gasteiger partial charge is 0.350 e. The molecule has 0 saturated carbocycles. The van der Waals surface area contributed by atoms with E-state index in [2.05, 4.69) is 48.0 Å². The Morgan fingerprint density at radius 1 is 1.47 bits per heavy atom. The topological polar surface area (TPSA) is 40.5 Å². The van der Waals surface area contributed by atoms with Crippen molar-refractivity contribution in [3.05, 3.63) is 15.6 Å². The minimum Gasteiger partial charge on any atom is -0.350 e. The van der Waals surface area contributed by atoms with Crippen molar-refractivity contribution in [1.29, 1.82) is 0 Å². The average Bonchev–Trinajstić information content (AvgIpc) is 2.82. The minimum absolute atomic E-state index is 0.506. The molecule has 0 radical (unpaired) electrons. The fraction of sp³-hybridized carbons (Fsp3) is 0.667. The van der Waals surface area contributed by atoms with Crippen LogP contribution in [0.5, 0.6) is 0 Å². The van der Waals surface area contributed by atoms with Crippen LogP contribution in [0.4, 0.5) is 0 Å². The van der Waals surface area contributed by atoms with Crippen LogP contribution in [0.25, 0.3) is 0 Å². The summed E-state index contributed by atoms with van der Waals surface area (Å²) in [5.41, 5.74) is 1.23. The molecule has 0 bridgehead atoms. The Labute approximate surface area is 107 Å². The van der Waals surface area contributed by atoms with Crippen LogP contribution < -0.4 is 5.32 Å². The number of nitrogens with zero attached hydrogens (tertiary/aromatic N) is 3. The van der Waals surface area contributed by atoms with Crippen LogP contribution in [0.2, 0.25) is 0 Å². The SMILES string of the molecule is Cc1sc(CNC2=NCCN2C)nc1C(C)C. The van der Waals surface area contributed by atoms with Crippen molar-refractivity contribution in [2.24, 2.45) is 4.99 Å². The summed E-state index contributed by atoms with van der Waals surface area (Å²) in [4.78, 5) is 12.6. The minimum atomic E-state index is 0.506. The first-order valence-electron chi connectivity index (χ1n) is 6.03. The molecule has 94 valence electrons. The second-order valence-electron chi connectivity index (χ2n) is 4.68. The summed E-state index contributed by atoms with van der Waals surface area (Å²) >= 11 is 1.78. The van der Waals surface area contributed by atoms with Gasteiger partial charge in [0.25, 0.3) is 0 Å². The lowest BCUT2D eigenvalue weighted by atomic mass is 10.1. The first kappa shape index (κ1) is 12.4. The average molecular weight is 252 g/mol. The summed E-state index contributed by atoms with van der Waals surface area (Å²) in [6.45, 7) is 9.21. The van der Waals surface area contributed by atoms with E-state index in [-0.39, 0.29) is 0 Å². The maximum Gasteiger partial charge on any atom is 0.194 e. The van der Waals surface area contributed by atoms with Gasteiger partial charge in [0.15, 0.2) is 5.96 Å². The van der Waals surface area contributed by atoms with E-state index in [0.717, 1.165) is 30.6 Å². The van der Waals surface area contributed by atoms with Crippen molar-refractivity contribution in [2.45, 2.75) is 33.2 Å². The number of hydrogen-bond acceptors (Lipinski definition) is 5. The molecule has 0 aliphatic carbocycles. The van der Waals surface area contributed by atoms with E-state index >= 15 is 0 Å². The number of rotatable bonds is 3. The lowest BCUT2D eigenvalue weighted by Gasteiger charge is -2.14. The predicted molar refractivity (Wildman–Crippen MR) is 72.7 cm³/mol. The smallest absolute Gasteiger partial charge is 0.194 e. The Morgan fingerprint density at radius 3 is 2.76 bits per heavy atom. The summed E-state index contributed by atoms with van der Waals surface area (Å²) in [5.74, 6) is 1.50. The van der Waals surface area contributed by atoms with Gasteiger partial charge in [0.2, 0.25) is 0 Å². The molecule has 0 unspecified atom stereocenters. The van der Waals surface area contributed by atoms with Crippen molar-refractivity contribution in [2.75, 3.05) is 20.1 Å². The highest BCUT2D eigenvalue weighted by molar-refractivity contribution is 7.11. The highest BCUT2D eigenvalue weighted by Gasteiger charge is 2.14. The molecule has 1 aromatic heterocycles. The molecule has 0 saturated heterocycles. The number of likely N-dealkylation sites (N-methyl/N-ethyl adjacent to an activating group) is 1. The number of aliphatic imine (C=N–C) groups is 1. The van der Waals surface area contributed by atoms with Crippen LogP contribution in [0.3, 0.4) is 0 Å². The van der Waals surface area contributed by atoms with E-state index in [1.807, 2.05) is 0 Å². The number of hydrogen-bond donors (Lipinski definition) is 1. The van der Waals surface area contributed by atoms with Gasteiger partial charge in [-0.2, -0.15) is 0 Å². The van der Waals surface area contributed by atoms with Gasteiger partial charge in [0, 0.05) is 18.5 Å². The number of aromatic nitrogens is 1. The Kier molecular flexibility index (Phi) is 3.66.